The van der Waals surface area contributed by atoms with E-state index in [1.54, 1.807) is 0 Å². The van der Waals surface area contributed by atoms with Gasteiger partial charge in [0.2, 0.25) is 0 Å². The van der Waals surface area contributed by atoms with Crippen molar-refractivity contribution in [1.82, 2.24) is 0 Å². The van der Waals surface area contributed by atoms with E-state index in [9.17, 15) is 4.79 Å². The van der Waals surface area contributed by atoms with Gasteiger partial charge in [-0.15, -0.1) is 0 Å². The maximum Gasteiger partial charge on any atom is 0.308 e. The van der Waals surface area contributed by atoms with Crippen molar-refractivity contribution in [3.63, 3.8) is 0 Å². The molecule has 0 spiro atoms. The number of hydrogen-bond donors (Lipinski definition) is 0. The van der Waals surface area contributed by atoms with Gasteiger partial charge in [0.25, 0.3) is 0 Å². The van der Waals surface area contributed by atoms with Crippen molar-refractivity contribution >= 4 is 15.4 Å². The highest BCUT2D eigenvalue weighted by Gasteiger charge is 2.12. The summed E-state index contributed by atoms with van der Waals surface area (Å²) in [6.45, 7) is 5.61. The summed E-state index contributed by atoms with van der Waals surface area (Å²) in [5.41, 5.74) is 0. The van der Waals surface area contributed by atoms with E-state index in [4.69, 9.17) is 9.26 Å². The highest BCUT2D eigenvalue weighted by molar-refractivity contribution is 7.09. The van der Waals surface area contributed by atoms with Crippen molar-refractivity contribution in [1.29, 1.82) is 0 Å². The normalized spacial score (nSPS) is 12.2. The lowest BCUT2D eigenvalue weighted by Crippen LogP contribution is -2.15. The lowest BCUT2D eigenvalue weighted by molar-refractivity contribution is -0.145. The SMILES string of the molecule is CCCCCCCCCCCCCCCCC(CCCCCCCCCCCCCC)COC(=O)CCOP. The van der Waals surface area contributed by atoms with Gasteiger partial charge in [0, 0.05) is 9.47 Å². The van der Waals surface area contributed by atoms with Gasteiger partial charge in [-0.25, -0.2) is 0 Å². The highest BCUT2D eigenvalue weighted by Crippen LogP contribution is 2.21. The van der Waals surface area contributed by atoms with Crippen molar-refractivity contribution in [2.75, 3.05) is 13.2 Å². The molecular weight excluding hydrogens is 499 g/mol. The van der Waals surface area contributed by atoms with Crippen LogP contribution >= 0.6 is 9.47 Å². The van der Waals surface area contributed by atoms with E-state index in [0.717, 1.165) is 0 Å². The second kappa shape index (κ2) is 34.1. The number of esters is 1. The molecule has 0 N–H and O–H groups in total. The Morgan fingerprint density at radius 2 is 0.821 bits per heavy atom. The van der Waals surface area contributed by atoms with Gasteiger partial charge in [-0.1, -0.05) is 181 Å². The minimum atomic E-state index is -0.113. The van der Waals surface area contributed by atoms with Crippen LogP contribution in [0.3, 0.4) is 0 Å². The average molecular weight is 571 g/mol. The van der Waals surface area contributed by atoms with E-state index in [0.29, 0.717) is 25.6 Å². The maximum atomic E-state index is 12.0. The summed E-state index contributed by atoms with van der Waals surface area (Å²) >= 11 is 0. The zero-order chi connectivity index (χ0) is 28.5. The number of rotatable bonds is 33. The fraction of sp³-hybridized carbons (Fsp3) is 0.971. The summed E-state index contributed by atoms with van der Waals surface area (Å²) in [5.74, 6) is 0.421. The van der Waals surface area contributed by atoms with E-state index in [1.165, 1.54) is 180 Å². The van der Waals surface area contributed by atoms with Crippen molar-refractivity contribution in [3.8, 4) is 0 Å². The molecule has 4 heteroatoms. The van der Waals surface area contributed by atoms with E-state index in [1.807, 2.05) is 0 Å². The molecule has 39 heavy (non-hydrogen) atoms. The van der Waals surface area contributed by atoms with Gasteiger partial charge in [0.15, 0.2) is 0 Å². The fourth-order valence-corrected chi connectivity index (χ4v) is 5.76. The van der Waals surface area contributed by atoms with Crippen molar-refractivity contribution in [2.45, 2.75) is 200 Å². The molecule has 0 aromatic rings. The summed E-state index contributed by atoms with van der Waals surface area (Å²) in [6.07, 6.45) is 39.1. The molecule has 0 saturated heterocycles. The minimum Gasteiger partial charge on any atom is -0.465 e. The van der Waals surface area contributed by atoms with Crippen LogP contribution in [0.25, 0.3) is 0 Å². The third kappa shape index (κ3) is 32.2. The molecule has 3 nitrogen and oxygen atoms in total. The van der Waals surface area contributed by atoms with E-state index < -0.39 is 0 Å². The van der Waals surface area contributed by atoms with Gasteiger partial charge >= 0.3 is 5.97 Å². The molecular formula is C35H71O3P. The van der Waals surface area contributed by atoms with Crippen LogP contribution in [0.1, 0.15) is 200 Å². The van der Waals surface area contributed by atoms with Gasteiger partial charge in [0.05, 0.1) is 19.6 Å². The molecule has 0 fully saturated rings. The Morgan fingerprint density at radius 3 is 1.13 bits per heavy atom. The Labute approximate surface area is 248 Å². The number of ether oxygens (including phenoxy) is 1. The number of hydrogen-bond acceptors (Lipinski definition) is 3. The number of carbonyl (C=O) groups is 1. The summed E-state index contributed by atoms with van der Waals surface area (Å²) in [6, 6.07) is 0. The second-order valence-corrected chi connectivity index (χ2v) is 12.6. The van der Waals surface area contributed by atoms with Crippen LogP contribution in [-0.2, 0) is 14.1 Å². The lowest BCUT2D eigenvalue weighted by atomic mass is 9.94. The third-order valence-corrected chi connectivity index (χ3v) is 8.57. The molecule has 0 aliphatic heterocycles. The van der Waals surface area contributed by atoms with Gasteiger partial charge in [-0.05, 0) is 18.8 Å². The molecule has 2 atom stereocenters. The van der Waals surface area contributed by atoms with Crippen LogP contribution in [0.5, 0.6) is 0 Å². The number of carbonyl (C=O) groups excluding carboxylic acids is 1. The van der Waals surface area contributed by atoms with E-state index in [-0.39, 0.29) is 5.97 Å². The average Bonchev–Trinajstić information content (AvgIpc) is 2.94. The van der Waals surface area contributed by atoms with Crippen LogP contribution in [0.2, 0.25) is 0 Å². The van der Waals surface area contributed by atoms with Gasteiger partial charge in [-0.3, -0.25) is 4.79 Å². The van der Waals surface area contributed by atoms with Crippen molar-refractivity contribution in [2.24, 2.45) is 5.92 Å². The Kier molecular flexibility index (Phi) is 33.9. The largest absolute Gasteiger partial charge is 0.465 e. The van der Waals surface area contributed by atoms with E-state index in [2.05, 4.69) is 23.3 Å². The molecule has 0 aliphatic carbocycles. The minimum absolute atomic E-state index is 0.113. The first kappa shape index (κ1) is 38.9. The van der Waals surface area contributed by atoms with Crippen LogP contribution in [0, 0.1) is 5.92 Å². The first-order valence-corrected chi connectivity index (χ1v) is 18.2. The Balaban J connectivity index is 3.82. The summed E-state index contributed by atoms with van der Waals surface area (Å²) in [4.78, 5) is 12.0. The molecule has 0 aliphatic rings. The molecule has 234 valence electrons. The molecule has 0 bridgehead atoms. The lowest BCUT2D eigenvalue weighted by Gasteiger charge is -2.17. The van der Waals surface area contributed by atoms with Crippen LogP contribution in [0.4, 0.5) is 0 Å². The summed E-state index contributed by atoms with van der Waals surface area (Å²) in [7, 11) is 2.21. The number of unbranched alkanes of at least 4 members (excludes halogenated alkanes) is 24. The molecule has 0 rings (SSSR count). The quantitative estimate of drug-likeness (QED) is 0.0447. The summed E-state index contributed by atoms with van der Waals surface area (Å²) in [5, 5.41) is 0. The first-order valence-electron chi connectivity index (χ1n) is 17.7. The van der Waals surface area contributed by atoms with Crippen LogP contribution in [-0.4, -0.2) is 19.2 Å². The zero-order valence-electron chi connectivity index (χ0n) is 26.8. The predicted molar refractivity (Wildman–Crippen MR) is 175 cm³/mol. The standard InChI is InChI=1S/C35H71O3P/c1-3-5-7-9-11-13-15-17-18-20-22-24-26-28-30-34(33-37-35(36)31-32-38-39)29-27-25-23-21-19-16-14-12-10-8-6-4-2/h34H,3-33,39H2,1-2H3. The molecule has 0 heterocycles. The molecule has 0 aromatic heterocycles. The van der Waals surface area contributed by atoms with Crippen LogP contribution < -0.4 is 0 Å². The smallest absolute Gasteiger partial charge is 0.308 e. The Bertz CT molecular complexity index is 471. The molecule has 2 unspecified atom stereocenters. The molecule has 0 radical (unpaired) electrons. The predicted octanol–water partition coefficient (Wildman–Crippen LogP) is 12.3. The van der Waals surface area contributed by atoms with Crippen molar-refractivity contribution in [3.05, 3.63) is 0 Å². The zero-order valence-corrected chi connectivity index (χ0v) is 28.0. The monoisotopic (exact) mass is 571 g/mol. The summed E-state index contributed by atoms with van der Waals surface area (Å²) < 4.78 is 10.5. The molecule has 0 amide bonds. The van der Waals surface area contributed by atoms with Gasteiger partial charge < -0.3 is 9.26 Å². The molecule has 0 aromatic carbocycles. The second-order valence-electron chi connectivity index (χ2n) is 12.2. The van der Waals surface area contributed by atoms with Crippen molar-refractivity contribution < 1.29 is 14.1 Å². The Morgan fingerprint density at radius 1 is 0.513 bits per heavy atom. The van der Waals surface area contributed by atoms with Gasteiger partial charge in [-0.2, -0.15) is 0 Å². The first-order chi connectivity index (χ1) is 19.2. The van der Waals surface area contributed by atoms with E-state index >= 15 is 0 Å². The highest BCUT2D eigenvalue weighted by atomic mass is 31.0. The Hall–Kier alpha value is -0.140. The molecule has 0 saturated carbocycles. The fourth-order valence-electron chi connectivity index (χ4n) is 5.64. The van der Waals surface area contributed by atoms with Crippen LogP contribution in [0.15, 0.2) is 0 Å². The third-order valence-electron chi connectivity index (χ3n) is 8.34. The van der Waals surface area contributed by atoms with Gasteiger partial charge in [0.1, 0.15) is 0 Å². The maximum absolute atomic E-state index is 12.0. The topological polar surface area (TPSA) is 35.5 Å².